The predicted octanol–water partition coefficient (Wildman–Crippen LogP) is 2.02. The minimum absolute atomic E-state index is 0.122. The van der Waals surface area contributed by atoms with Gasteiger partial charge in [-0.05, 0) is 25.5 Å². The minimum Gasteiger partial charge on any atom is -0.391 e. The predicted molar refractivity (Wildman–Crippen MR) is 90.3 cm³/mol. The Morgan fingerprint density at radius 1 is 1.17 bits per heavy atom. The summed E-state index contributed by atoms with van der Waals surface area (Å²) in [6.07, 6.45) is 0.532. The van der Waals surface area contributed by atoms with Crippen LogP contribution in [0.1, 0.15) is 18.9 Å². The van der Waals surface area contributed by atoms with E-state index >= 15 is 0 Å². The number of anilines is 1. The Balaban J connectivity index is 0.000000368. The van der Waals surface area contributed by atoms with Gasteiger partial charge in [-0.15, -0.1) is 0 Å². The number of nitrogens with zero attached hydrogens (tertiary/aromatic N) is 2. The monoisotopic (exact) mass is 350 g/mol. The van der Waals surface area contributed by atoms with E-state index in [1.54, 1.807) is 0 Å². The summed E-state index contributed by atoms with van der Waals surface area (Å²) >= 11 is 0. The van der Waals surface area contributed by atoms with Crippen LogP contribution in [0.15, 0.2) is 36.4 Å². The first-order chi connectivity index (χ1) is 11.2. The Labute approximate surface area is 140 Å². The molecule has 0 saturated carbocycles. The molecule has 0 radical (unpaired) electrons. The van der Waals surface area contributed by atoms with Gasteiger partial charge in [-0.3, -0.25) is 9.11 Å². The molecule has 0 aliphatic carbocycles. The van der Waals surface area contributed by atoms with Crippen LogP contribution in [0.2, 0.25) is 0 Å². The average molecular weight is 350 g/mol. The van der Waals surface area contributed by atoms with Crippen LogP contribution in [0, 0.1) is 11.3 Å². The molecular formula is C16H18N2O5S. The molecule has 2 atom stereocenters. The molecular weight excluding hydrogens is 332 g/mol. The van der Waals surface area contributed by atoms with Gasteiger partial charge in [0.25, 0.3) is 0 Å². The van der Waals surface area contributed by atoms with Gasteiger partial charge in [0.1, 0.15) is 0 Å². The quantitative estimate of drug-likeness (QED) is 0.673. The molecule has 24 heavy (non-hydrogen) atoms. The highest BCUT2D eigenvalue weighted by Gasteiger charge is 2.30. The highest BCUT2D eigenvalue weighted by atomic mass is 32.3. The zero-order valence-electron chi connectivity index (χ0n) is 13.0. The van der Waals surface area contributed by atoms with Gasteiger partial charge < -0.3 is 10.0 Å². The fourth-order valence-electron chi connectivity index (χ4n) is 2.89. The first-order valence-electron chi connectivity index (χ1n) is 7.29. The number of hydrogen-bond acceptors (Lipinski definition) is 5. The van der Waals surface area contributed by atoms with Crippen LogP contribution in [-0.4, -0.2) is 41.3 Å². The van der Waals surface area contributed by atoms with E-state index in [1.807, 2.05) is 43.3 Å². The van der Waals surface area contributed by atoms with Gasteiger partial charge in [-0.25, -0.2) is 0 Å². The molecule has 1 aliphatic heterocycles. The summed E-state index contributed by atoms with van der Waals surface area (Å²) < 4.78 is 31.6. The molecule has 1 heterocycles. The molecule has 1 saturated heterocycles. The number of benzene rings is 2. The van der Waals surface area contributed by atoms with E-state index in [1.165, 1.54) is 0 Å². The van der Waals surface area contributed by atoms with Crippen LogP contribution in [0.25, 0.3) is 10.8 Å². The summed E-state index contributed by atoms with van der Waals surface area (Å²) in [6, 6.07) is 14.2. The van der Waals surface area contributed by atoms with E-state index < -0.39 is 10.4 Å². The Bertz CT molecular complexity index is 868. The molecule has 0 aromatic heterocycles. The van der Waals surface area contributed by atoms with Gasteiger partial charge in [-0.1, -0.05) is 24.3 Å². The molecule has 3 rings (SSSR count). The van der Waals surface area contributed by atoms with Crippen LogP contribution in [-0.2, 0) is 10.4 Å². The number of rotatable bonds is 1. The molecule has 8 heteroatoms. The molecule has 2 aromatic carbocycles. The van der Waals surface area contributed by atoms with Crippen molar-refractivity contribution in [2.24, 2.45) is 0 Å². The lowest BCUT2D eigenvalue weighted by atomic mass is 10.0. The summed E-state index contributed by atoms with van der Waals surface area (Å²) in [7, 11) is -4.67. The lowest BCUT2D eigenvalue weighted by Gasteiger charge is -2.26. The molecule has 7 nitrogen and oxygen atoms in total. The van der Waals surface area contributed by atoms with Crippen molar-refractivity contribution in [3.63, 3.8) is 0 Å². The van der Waals surface area contributed by atoms with Crippen LogP contribution in [0.4, 0.5) is 5.69 Å². The molecule has 3 N–H and O–H groups in total. The molecule has 1 fully saturated rings. The summed E-state index contributed by atoms with van der Waals surface area (Å²) in [5.41, 5.74) is 1.81. The van der Waals surface area contributed by atoms with Crippen LogP contribution < -0.4 is 4.90 Å². The van der Waals surface area contributed by atoms with Crippen LogP contribution >= 0.6 is 0 Å². The van der Waals surface area contributed by atoms with Gasteiger partial charge in [0, 0.05) is 23.0 Å². The van der Waals surface area contributed by atoms with Crippen LogP contribution in [0.5, 0.6) is 0 Å². The molecule has 0 amide bonds. The molecule has 0 unspecified atom stereocenters. The fraction of sp³-hybridized carbons (Fsp3) is 0.312. The normalized spacial score (nSPS) is 20.4. The summed E-state index contributed by atoms with van der Waals surface area (Å²) in [6.45, 7) is 2.91. The highest BCUT2D eigenvalue weighted by molar-refractivity contribution is 7.79. The minimum atomic E-state index is -4.67. The maximum atomic E-state index is 9.91. The van der Waals surface area contributed by atoms with E-state index in [0.29, 0.717) is 5.56 Å². The highest BCUT2D eigenvalue weighted by Crippen LogP contribution is 2.33. The van der Waals surface area contributed by atoms with Crippen molar-refractivity contribution in [1.29, 1.82) is 5.26 Å². The second kappa shape index (κ2) is 7.15. The SMILES string of the molecule is C[C@H]1[C@@H](O)CCN1c1ccc(C#N)c2ccccc12.O=S(=O)(O)O. The lowest BCUT2D eigenvalue weighted by Crippen LogP contribution is -2.32. The molecule has 2 aromatic rings. The van der Waals surface area contributed by atoms with Crippen molar-refractivity contribution in [3.05, 3.63) is 42.0 Å². The molecule has 128 valence electrons. The van der Waals surface area contributed by atoms with Crippen molar-refractivity contribution in [1.82, 2.24) is 0 Å². The number of aliphatic hydroxyl groups excluding tert-OH is 1. The summed E-state index contributed by atoms with van der Waals surface area (Å²) in [4.78, 5) is 2.23. The Kier molecular flexibility index (Phi) is 5.41. The van der Waals surface area contributed by atoms with Gasteiger partial charge in [-0.2, -0.15) is 13.7 Å². The Morgan fingerprint density at radius 2 is 1.75 bits per heavy atom. The van der Waals surface area contributed by atoms with Gasteiger partial charge >= 0.3 is 10.4 Å². The standard InChI is InChI=1S/C16H16N2O.H2O4S/c1-11-16(19)8-9-18(11)15-7-6-12(10-17)13-4-2-3-5-14(13)15;1-5(2,3)4/h2-7,11,16,19H,8-9H2,1H3;(H2,1,2,3,4)/t11-,16-;/m0./s1. The topological polar surface area (TPSA) is 122 Å². The van der Waals surface area contributed by atoms with Crippen molar-refractivity contribution < 1.29 is 22.6 Å². The summed E-state index contributed by atoms with van der Waals surface area (Å²) in [5, 5.41) is 21.2. The molecule has 0 spiro atoms. The number of fused-ring (bicyclic) bond motifs is 1. The van der Waals surface area contributed by atoms with Crippen molar-refractivity contribution in [3.8, 4) is 6.07 Å². The molecule has 0 bridgehead atoms. The van der Waals surface area contributed by atoms with Crippen molar-refractivity contribution in [2.75, 3.05) is 11.4 Å². The van der Waals surface area contributed by atoms with Crippen molar-refractivity contribution in [2.45, 2.75) is 25.5 Å². The zero-order chi connectivity index (χ0) is 17.9. The fourth-order valence-corrected chi connectivity index (χ4v) is 2.89. The second-order valence-electron chi connectivity index (χ2n) is 5.53. The van der Waals surface area contributed by atoms with E-state index in [0.717, 1.165) is 29.4 Å². The van der Waals surface area contributed by atoms with E-state index in [2.05, 4.69) is 11.0 Å². The van der Waals surface area contributed by atoms with E-state index in [9.17, 15) is 10.4 Å². The van der Waals surface area contributed by atoms with Gasteiger partial charge in [0.15, 0.2) is 0 Å². The zero-order valence-corrected chi connectivity index (χ0v) is 13.8. The second-order valence-corrected chi connectivity index (χ2v) is 6.42. The first kappa shape index (κ1) is 18.2. The van der Waals surface area contributed by atoms with E-state index in [-0.39, 0.29) is 12.1 Å². The average Bonchev–Trinajstić information content (AvgIpc) is 2.84. The maximum Gasteiger partial charge on any atom is 0.394 e. The third-order valence-corrected chi connectivity index (χ3v) is 4.05. The third-order valence-electron chi connectivity index (χ3n) is 4.05. The Morgan fingerprint density at radius 3 is 2.25 bits per heavy atom. The van der Waals surface area contributed by atoms with E-state index in [4.69, 9.17) is 17.5 Å². The number of nitriles is 1. The largest absolute Gasteiger partial charge is 0.394 e. The van der Waals surface area contributed by atoms with Gasteiger partial charge in [0.2, 0.25) is 0 Å². The van der Waals surface area contributed by atoms with Crippen molar-refractivity contribution >= 4 is 26.9 Å². The number of hydrogen-bond donors (Lipinski definition) is 3. The number of aliphatic hydroxyl groups is 1. The lowest BCUT2D eigenvalue weighted by molar-refractivity contribution is 0.170. The Hall–Kier alpha value is -2.18. The van der Waals surface area contributed by atoms with Crippen LogP contribution in [0.3, 0.4) is 0 Å². The van der Waals surface area contributed by atoms with Gasteiger partial charge in [0.05, 0.1) is 23.8 Å². The maximum absolute atomic E-state index is 9.91. The first-order valence-corrected chi connectivity index (χ1v) is 8.68. The summed E-state index contributed by atoms with van der Waals surface area (Å²) in [5.74, 6) is 0. The third kappa shape index (κ3) is 4.21. The smallest absolute Gasteiger partial charge is 0.391 e. The molecule has 1 aliphatic rings.